The van der Waals surface area contributed by atoms with E-state index in [9.17, 15) is 14.1 Å². The number of rotatable bonds is 8. The Labute approximate surface area is 229 Å². The van der Waals surface area contributed by atoms with E-state index in [1.165, 1.54) is 11.1 Å². The van der Waals surface area contributed by atoms with Crippen molar-refractivity contribution in [3.8, 4) is 17.0 Å². The van der Waals surface area contributed by atoms with Gasteiger partial charge in [0, 0.05) is 66.0 Å². The van der Waals surface area contributed by atoms with Gasteiger partial charge in [0.15, 0.2) is 5.13 Å². The molecule has 0 spiro atoms. The zero-order valence-electron chi connectivity index (χ0n) is 21.8. The van der Waals surface area contributed by atoms with Crippen LogP contribution in [-0.2, 0) is 28.7 Å². The minimum atomic E-state index is -0.660. The SMILES string of the molecule is Cc1ccc(OCc2ccc(CN3CCS(=O)CC3)cc2C)c(-c2csc(N3CC4C(C(=O)O)[C@H]4C3)n2)c1. The lowest BCUT2D eigenvalue weighted by Crippen LogP contribution is -2.37. The third-order valence-electron chi connectivity index (χ3n) is 8.12. The van der Waals surface area contributed by atoms with Crippen LogP contribution in [0.2, 0.25) is 0 Å². The molecule has 1 aromatic heterocycles. The van der Waals surface area contributed by atoms with Crippen LogP contribution in [-0.4, -0.2) is 62.9 Å². The molecule has 3 fully saturated rings. The van der Waals surface area contributed by atoms with Crippen LogP contribution in [0, 0.1) is 31.6 Å². The van der Waals surface area contributed by atoms with E-state index in [-0.39, 0.29) is 17.8 Å². The normalized spacial score (nSPS) is 23.4. The quantitative estimate of drug-likeness (QED) is 0.446. The van der Waals surface area contributed by atoms with Crippen molar-refractivity contribution in [2.45, 2.75) is 27.0 Å². The molecule has 0 radical (unpaired) electrons. The number of aromatic nitrogens is 1. The molecule has 0 amide bonds. The summed E-state index contributed by atoms with van der Waals surface area (Å²) in [5.74, 6) is 2.05. The molecule has 2 unspecified atom stereocenters. The fourth-order valence-electron chi connectivity index (χ4n) is 5.82. The smallest absolute Gasteiger partial charge is 0.307 e. The summed E-state index contributed by atoms with van der Waals surface area (Å²) in [6.07, 6.45) is 0. The maximum Gasteiger partial charge on any atom is 0.307 e. The maximum atomic E-state index is 11.6. The highest BCUT2D eigenvalue weighted by Gasteiger charge is 2.60. The number of aliphatic carboxylic acids is 1. The average molecular weight is 552 g/mol. The maximum absolute atomic E-state index is 11.6. The number of thiazole rings is 1. The molecule has 0 bridgehead atoms. The van der Waals surface area contributed by atoms with Crippen LogP contribution in [0.15, 0.2) is 41.8 Å². The number of hydrogen-bond acceptors (Lipinski definition) is 7. The number of carbonyl (C=O) groups is 1. The predicted octanol–water partition coefficient (Wildman–Crippen LogP) is 4.34. The Morgan fingerprint density at radius 1 is 1.13 bits per heavy atom. The van der Waals surface area contributed by atoms with Crippen molar-refractivity contribution in [3.05, 3.63) is 64.0 Å². The first-order valence-electron chi connectivity index (χ1n) is 13.2. The molecule has 1 saturated carbocycles. The van der Waals surface area contributed by atoms with E-state index in [1.807, 2.05) is 6.07 Å². The third-order valence-corrected chi connectivity index (χ3v) is 10.3. The number of carboxylic acid groups (broad SMARTS) is 1. The van der Waals surface area contributed by atoms with Crippen molar-refractivity contribution in [3.63, 3.8) is 0 Å². The van der Waals surface area contributed by atoms with Crippen molar-refractivity contribution in [2.24, 2.45) is 17.8 Å². The van der Waals surface area contributed by atoms with E-state index in [4.69, 9.17) is 9.72 Å². The first kappa shape index (κ1) is 25.5. The summed E-state index contributed by atoms with van der Waals surface area (Å²) in [7, 11) is -0.652. The topological polar surface area (TPSA) is 83.0 Å². The number of nitrogens with zero attached hydrogens (tertiary/aromatic N) is 3. The fourth-order valence-corrected chi connectivity index (χ4v) is 7.79. The second-order valence-electron chi connectivity index (χ2n) is 10.8. The summed E-state index contributed by atoms with van der Waals surface area (Å²) in [4.78, 5) is 20.8. The molecule has 2 aromatic carbocycles. The number of hydrogen-bond donors (Lipinski definition) is 1. The van der Waals surface area contributed by atoms with Crippen molar-refractivity contribution in [1.82, 2.24) is 9.88 Å². The summed E-state index contributed by atoms with van der Waals surface area (Å²) in [6.45, 7) is 8.92. The predicted molar refractivity (Wildman–Crippen MR) is 151 cm³/mol. The Morgan fingerprint density at radius 3 is 2.61 bits per heavy atom. The van der Waals surface area contributed by atoms with Gasteiger partial charge < -0.3 is 14.7 Å². The fraction of sp³-hybridized carbons (Fsp3) is 0.448. The van der Waals surface area contributed by atoms with Gasteiger partial charge in [-0.05, 0) is 54.5 Å². The van der Waals surface area contributed by atoms with Crippen molar-refractivity contribution in [1.29, 1.82) is 0 Å². The molecular weight excluding hydrogens is 518 g/mol. The largest absolute Gasteiger partial charge is 0.488 e. The number of benzene rings is 2. The van der Waals surface area contributed by atoms with Crippen LogP contribution in [0.1, 0.15) is 22.3 Å². The van der Waals surface area contributed by atoms with Gasteiger partial charge in [-0.2, -0.15) is 0 Å². The van der Waals surface area contributed by atoms with Crippen LogP contribution in [0.4, 0.5) is 5.13 Å². The molecular formula is C29H33N3O4S2. The summed E-state index contributed by atoms with van der Waals surface area (Å²) < 4.78 is 18.0. The average Bonchev–Trinajstić information content (AvgIpc) is 3.22. The van der Waals surface area contributed by atoms with Gasteiger partial charge in [-0.15, -0.1) is 11.3 Å². The van der Waals surface area contributed by atoms with Crippen LogP contribution in [0.3, 0.4) is 0 Å². The summed E-state index contributed by atoms with van der Waals surface area (Å²) in [6, 6.07) is 12.8. The Bertz CT molecular complexity index is 1370. The van der Waals surface area contributed by atoms with Crippen LogP contribution in [0.25, 0.3) is 11.3 Å². The second kappa shape index (κ2) is 10.4. The Kier molecular flexibility index (Phi) is 7.01. The van der Waals surface area contributed by atoms with E-state index in [0.29, 0.717) is 6.61 Å². The molecule has 2 saturated heterocycles. The number of anilines is 1. The highest BCUT2D eigenvalue weighted by molar-refractivity contribution is 7.85. The van der Waals surface area contributed by atoms with Gasteiger partial charge in [0.05, 0.1) is 11.6 Å². The van der Waals surface area contributed by atoms with Gasteiger partial charge in [0.2, 0.25) is 0 Å². The molecule has 6 rings (SSSR count). The third kappa shape index (κ3) is 5.24. The lowest BCUT2D eigenvalue weighted by molar-refractivity contribution is -0.139. The summed E-state index contributed by atoms with van der Waals surface area (Å²) in [5.41, 5.74) is 6.67. The molecule has 3 atom stereocenters. The lowest BCUT2D eigenvalue weighted by atomic mass is 10.0. The monoisotopic (exact) mass is 551 g/mol. The second-order valence-corrected chi connectivity index (χ2v) is 13.3. The summed E-state index contributed by atoms with van der Waals surface area (Å²) in [5, 5.41) is 12.3. The van der Waals surface area contributed by atoms with E-state index in [0.717, 1.165) is 77.5 Å². The van der Waals surface area contributed by atoms with Gasteiger partial charge in [-0.25, -0.2) is 4.98 Å². The number of ether oxygens (including phenoxy) is 1. The molecule has 3 heterocycles. The van der Waals surface area contributed by atoms with Crippen molar-refractivity contribution < 1.29 is 18.8 Å². The highest BCUT2D eigenvalue weighted by atomic mass is 32.2. The van der Waals surface area contributed by atoms with Crippen LogP contribution >= 0.6 is 11.3 Å². The number of carboxylic acids is 1. The molecule has 2 aliphatic heterocycles. The first-order chi connectivity index (χ1) is 18.4. The van der Waals surface area contributed by atoms with E-state index in [2.05, 4.69) is 59.4 Å². The van der Waals surface area contributed by atoms with Crippen molar-refractivity contribution >= 4 is 33.2 Å². The molecule has 200 valence electrons. The van der Waals surface area contributed by atoms with Crippen molar-refractivity contribution in [2.75, 3.05) is 42.6 Å². The van der Waals surface area contributed by atoms with Gasteiger partial charge in [-0.3, -0.25) is 13.9 Å². The molecule has 7 nitrogen and oxygen atoms in total. The van der Waals surface area contributed by atoms with Gasteiger partial charge in [-0.1, -0.05) is 29.8 Å². The molecule has 38 heavy (non-hydrogen) atoms. The highest BCUT2D eigenvalue weighted by Crippen LogP contribution is 2.53. The Balaban J connectivity index is 1.12. The summed E-state index contributed by atoms with van der Waals surface area (Å²) >= 11 is 1.61. The Morgan fingerprint density at radius 2 is 1.89 bits per heavy atom. The number of aryl methyl sites for hydroxylation is 2. The number of fused-ring (bicyclic) bond motifs is 1. The minimum Gasteiger partial charge on any atom is -0.488 e. The lowest BCUT2D eigenvalue weighted by Gasteiger charge is -2.26. The van der Waals surface area contributed by atoms with E-state index < -0.39 is 16.8 Å². The van der Waals surface area contributed by atoms with Gasteiger partial charge in [0.25, 0.3) is 0 Å². The zero-order valence-corrected chi connectivity index (χ0v) is 23.4. The van der Waals surface area contributed by atoms with Gasteiger partial charge >= 0.3 is 5.97 Å². The van der Waals surface area contributed by atoms with Gasteiger partial charge in [0.1, 0.15) is 12.4 Å². The molecule has 9 heteroatoms. The molecule has 3 aliphatic rings. The molecule has 1 aliphatic carbocycles. The minimum absolute atomic E-state index is 0.170. The molecule has 1 N–H and O–H groups in total. The standard InChI is InChI=1S/C29H33N3O4S2/c1-18-3-6-26(36-16-21-5-4-20(12-19(21)2)13-31-7-9-38(35)10-8-31)22(11-18)25-17-37-29(30-25)32-14-23-24(15-32)27(23)28(33)34/h3-6,11-12,17,23-24,27H,7-10,13-16H2,1-2H3,(H,33,34)/t23-,24?,27?/m0/s1. The van der Waals surface area contributed by atoms with E-state index >= 15 is 0 Å². The zero-order chi connectivity index (χ0) is 26.4. The van der Waals surface area contributed by atoms with Crippen LogP contribution < -0.4 is 9.64 Å². The van der Waals surface area contributed by atoms with E-state index in [1.54, 1.807) is 11.3 Å². The van der Waals surface area contributed by atoms with Crippen LogP contribution in [0.5, 0.6) is 5.75 Å². The first-order valence-corrected chi connectivity index (χ1v) is 15.6. The Hall–Kier alpha value is -2.75. The molecule has 3 aromatic rings. The number of piperidine rings is 1.